The van der Waals surface area contributed by atoms with Gasteiger partial charge in [-0.25, -0.2) is 4.79 Å². The smallest absolute Gasteiger partial charge is 0.337 e. The van der Waals surface area contributed by atoms with Crippen LogP contribution in [-0.2, 0) is 4.79 Å². The van der Waals surface area contributed by atoms with Crippen molar-refractivity contribution in [2.45, 2.75) is 0 Å². The molecule has 1 amide bonds. The van der Waals surface area contributed by atoms with Crippen molar-refractivity contribution in [2.24, 2.45) is 0 Å². The maximum Gasteiger partial charge on any atom is 0.337 e. The average Bonchev–Trinajstić information content (AvgIpc) is 2.27. The van der Waals surface area contributed by atoms with Crippen LogP contribution >= 0.6 is 0 Å². The minimum atomic E-state index is -1.04. The van der Waals surface area contributed by atoms with E-state index in [1.54, 1.807) is 44.2 Å². The van der Waals surface area contributed by atoms with Crippen LogP contribution in [0.5, 0.6) is 0 Å². The van der Waals surface area contributed by atoms with Crippen molar-refractivity contribution >= 4 is 17.6 Å². The Kier molecular flexibility index (Phi) is 4.23. The molecule has 1 rings (SSSR count). The van der Waals surface area contributed by atoms with Crippen molar-refractivity contribution in [3.05, 3.63) is 29.8 Å². The fraction of sp³-hybridized carbons (Fsp3) is 0.333. The molecule has 1 N–H and O–H groups in total. The van der Waals surface area contributed by atoms with E-state index in [0.717, 1.165) is 0 Å². The molecular formula is C12H16N2O3. The van der Waals surface area contributed by atoms with Gasteiger partial charge in [0.2, 0.25) is 5.91 Å². The van der Waals surface area contributed by atoms with Gasteiger partial charge < -0.3 is 14.9 Å². The van der Waals surface area contributed by atoms with Gasteiger partial charge in [0.15, 0.2) is 0 Å². The van der Waals surface area contributed by atoms with Crippen LogP contribution in [-0.4, -0.2) is 49.6 Å². The van der Waals surface area contributed by atoms with E-state index in [1.807, 2.05) is 0 Å². The van der Waals surface area contributed by atoms with E-state index < -0.39 is 5.97 Å². The van der Waals surface area contributed by atoms with Gasteiger partial charge in [-0.15, -0.1) is 0 Å². The van der Waals surface area contributed by atoms with Crippen LogP contribution in [0.3, 0.4) is 0 Å². The predicted octanol–water partition coefficient (Wildman–Crippen LogP) is 0.909. The van der Waals surface area contributed by atoms with Crippen LogP contribution in [0.25, 0.3) is 0 Å². The average molecular weight is 236 g/mol. The number of para-hydroxylation sites is 1. The Labute approximate surface area is 100 Å². The van der Waals surface area contributed by atoms with E-state index in [2.05, 4.69) is 0 Å². The highest BCUT2D eigenvalue weighted by molar-refractivity contribution is 6.02. The van der Waals surface area contributed by atoms with Crippen LogP contribution < -0.4 is 4.90 Å². The quantitative estimate of drug-likeness (QED) is 0.844. The zero-order valence-electron chi connectivity index (χ0n) is 10.2. The van der Waals surface area contributed by atoms with Crippen molar-refractivity contribution in [1.29, 1.82) is 0 Å². The monoisotopic (exact) mass is 236 g/mol. The van der Waals surface area contributed by atoms with Crippen molar-refractivity contribution in [2.75, 3.05) is 32.6 Å². The molecule has 0 saturated carbocycles. The summed E-state index contributed by atoms with van der Waals surface area (Å²) in [6.07, 6.45) is 0. The third-order valence-corrected chi connectivity index (χ3v) is 2.32. The number of hydrogen-bond acceptors (Lipinski definition) is 3. The van der Waals surface area contributed by atoms with Gasteiger partial charge in [0.05, 0.1) is 17.8 Å². The van der Waals surface area contributed by atoms with E-state index in [4.69, 9.17) is 5.11 Å². The van der Waals surface area contributed by atoms with E-state index in [-0.39, 0.29) is 18.0 Å². The maximum atomic E-state index is 11.8. The van der Waals surface area contributed by atoms with Crippen LogP contribution in [0.4, 0.5) is 5.69 Å². The molecule has 0 saturated heterocycles. The van der Waals surface area contributed by atoms with Crippen LogP contribution in [0, 0.1) is 0 Å². The molecule has 0 heterocycles. The summed E-state index contributed by atoms with van der Waals surface area (Å²) in [5.74, 6) is -1.19. The highest BCUT2D eigenvalue weighted by atomic mass is 16.4. The Morgan fingerprint density at radius 1 is 1.18 bits per heavy atom. The summed E-state index contributed by atoms with van der Waals surface area (Å²) in [5, 5.41) is 9.03. The van der Waals surface area contributed by atoms with Crippen molar-refractivity contribution in [3.8, 4) is 0 Å². The number of rotatable bonds is 4. The van der Waals surface area contributed by atoms with Gasteiger partial charge in [0, 0.05) is 7.05 Å². The second-order valence-corrected chi connectivity index (χ2v) is 4.01. The summed E-state index contributed by atoms with van der Waals surface area (Å²) in [5.41, 5.74) is 0.536. The Hall–Kier alpha value is -1.88. The predicted molar refractivity (Wildman–Crippen MR) is 65.4 cm³/mol. The molecule has 0 atom stereocenters. The van der Waals surface area contributed by atoms with Gasteiger partial charge in [-0.2, -0.15) is 0 Å². The Morgan fingerprint density at radius 2 is 1.76 bits per heavy atom. The summed E-state index contributed by atoms with van der Waals surface area (Å²) in [4.78, 5) is 25.9. The molecular weight excluding hydrogens is 220 g/mol. The van der Waals surface area contributed by atoms with Gasteiger partial charge in [-0.05, 0) is 26.2 Å². The lowest BCUT2D eigenvalue weighted by atomic mass is 10.1. The summed E-state index contributed by atoms with van der Waals surface area (Å²) in [6.45, 7) is 0.241. The summed E-state index contributed by atoms with van der Waals surface area (Å²) >= 11 is 0. The lowest BCUT2D eigenvalue weighted by Crippen LogP contribution is -2.35. The first kappa shape index (κ1) is 13.2. The Morgan fingerprint density at radius 3 is 2.29 bits per heavy atom. The molecule has 0 bridgehead atoms. The SMILES string of the molecule is CN(C)CC(=O)N(C)c1ccccc1C(=O)O. The zero-order chi connectivity index (χ0) is 13.0. The summed E-state index contributed by atoms with van der Waals surface area (Å²) in [7, 11) is 5.15. The third-order valence-electron chi connectivity index (χ3n) is 2.32. The molecule has 0 unspecified atom stereocenters. The number of hydrogen-bond donors (Lipinski definition) is 1. The number of likely N-dealkylation sites (N-methyl/N-ethyl adjacent to an activating group) is 2. The highest BCUT2D eigenvalue weighted by Gasteiger charge is 2.17. The van der Waals surface area contributed by atoms with E-state index >= 15 is 0 Å². The molecule has 0 aromatic heterocycles. The fourth-order valence-electron chi connectivity index (χ4n) is 1.46. The second-order valence-electron chi connectivity index (χ2n) is 4.01. The summed E-state index contributed by atoms with van der Waals surface area (Å²) < 4.78 is 0. The van der Waals surface area contributed by atoms with Crippen LogP contribution in [0.2, 0.25) is 0 Å². The minimum Gasteiger partial charge on any atom is -0.478 e. The molecule has 0 aliphatic heterocycles. The number of carbonyl (C=O) groups excluding carboxylic acids is 1. The molecule has 0 spiro atoms. The topological polar surface area (TPSA) is 60.9 Å². The molecule has 17 heavy (non-hydrogen) atoms. The van der Waals surface area contributed by atoms with Crippen LogP contribution in [0.1, 0.15) is 10.4 Å². The molecule has 0 fully saturated rings. The molecule has 1 aromatic rings. The van der Waals surface area contributed by atoms with Gasteiger partial charge in [-0.3, -0.25) is 4.79 Å². The number of anilines is 1. The Bertz CT molecular complexity index is 430. The first-order valence-corrected chi connectivity index (χ1v) is 5.17. The zero-order valence-corrected chi connectivity index (χ0v) is 10.2. The molecule has 5 heteroatoms. The van der Waals surface area contributed by atoms with Gasteiger partial charge in [0.1, 0.15) is 0 Å². The first-order valence-electron chi connectivity index (χ1n) is 5.17. The molecule has 0 aliphatic carbocycles. The fourth-order valence-corrected chi connectivity index (χ4v) is 1.46. The van der Waals surface area contributed by atoms with E-state index in [0.29, 0.717) is 5.69 Å². The lowest BCUT2D eigenvalue weighted by molar-refractivity contribution is -0.118. The number of nitrogens with zero attached hydrogens (tertiary/aromatic N) is 2. The second kappa shape index (κ2) is 5.45. The Balaban J connectivity index is 2.99. The first-order chi connectivity index (χ1) is 7.93. The normalized spacial score (nSPS) is 10.4. The molecule has 5 nitrogen and oxygen atoms in total. The number of benzene rings is 1. The number of amides is 1. The summed E-state index contributed by atoms with van der Waals surface area (Å²) in [6, 6.07) is 6.45. The standard InChI is InChI=1S/C12H16N2O3/c1-13(2)8-11(15)14(3)10-7-5-4-6-9(10)12(16)17/h4-7H,8H2,1-3H3,(H,16,17). The number of carboxylic acid groups (broad SMARTS) is 1. The number of carbonyl (C=O) groups is 2. The van der Waals surface area contributed by atoms with Crippen molar-refractivity contribution in [1.82, 2.24) is 4.90 Å². The van der Waals surface area contributed by atoms with E-state index in [9.17, 15) is 9.59 Å². The van der Waals surface area contributed by atoms with Gasteiger partial charge >= 0.3 is 5.97 Å². The highest BCUT2D eigenvalue weighted by Crippen LogP contribution is 2.19. The van der Waals surface area contributed by atoms with Crippen LogP contribution in [0.15, 0.2) is 24.3 Å². The number of aromatic carboxylic acids is 1. The van der Waals surface area contributed by atoms with Gasteiger partial charge in [-0.1, -0.05) is 12.1 Å². The molecule has 0 aliphatic rings. The number of carboxylic acids is 1. The molecule has 92 valence electrons. The largest absolute Gasteiger partial charge is 0.478 e. The maximum absolute atomic E-state index is 11.8. The molecule has 1 aromatic carbocycles. The molecule has 0 radical (unpaired) electrons. The third kappa shape index (κ3) is 3.29. The van der Waals surface area contributed by atoms with E-state index in [1.165, 1.54) is 11.0 Å². The lowest BCUT2D eigenvalue weighted by Gasteiger charge is -2.21. The van der Waals surface area contributed by atoms with Crippen molar-refractivity contribution in [3.63, 3.8) is 0 Å². The van der Waals surface area contributed by atoms with Crippen molar-refractivity contribution < 1.29 is 14.7 Å². The minimum absolute atomic E-state index is 0.127. The van der Waals surface area contributed by atoms with Gasteiger partial charge in [0.25, 0.3) is 0 Å².